The van der Waals surface area contributed by atoms with Crippen LogP contribution < -0.4 is 0 Å². The van der Waals surface area contributed by atoms with Crippen LogP contribution in [0.15, 0.2) is 36.4 Å². The molecular formula is C18H26O3. The summed E-state index contributed by atoms with van der Waals surface area (Å²) in [7, 11) is 1.56. The molecule has 1 aromatic rings. The molecule has 0 fully saturated rings. The number of hydrogen-bond acceptors (Lipinski definition) is 3. The first kappa shape index (κ1) is 17.3. The van der Waals surface area contributed by atoms with Gasteiger partial charge >= 0.3 is 5.97 Å². The maximum absolute atomic E-state index is 11.9. The molecule has 0 radical (unpaired) electrons. The summed E-state index contributed by atoms with van der Waals surface area (Å²) in [6.07, 6.45) is 5.92. The average molecular weight is 290 g/mol. The summed E-state index contributed by atoms with van der Waals surface area (Å²) in [4.78, 5) is 11.9. The fourth-order valence-corrected chi connectivity index (χ4v) is 2.11. The largest absolute Gasteiger partial charge is 0.496 e. The van der Waals surface area contributed by atoms with Crippen molar-refractivity contribution in [2.24, 2.45) is 5.92 Å². The fraction of sp³-hybridized carbons (Fsp3) is 0.500. The molecule has 0 heterocycles. The van der Waals surface area contributed by atoms with E-state index in [1.54, 1.807) is 7.11 Å². The molecule has 21 heavy (non-hydrogen) atoms. The summed E-state index contributed by atoms with van der Waals surface area (Å²) in [6, 6.07) is 9.54. The van der Waals surface area contributed by atoms with Gasteiger partial charge in [0.05, 0.1) is 19.8 Å². The van der Waals surface area contributed by atoms with E-state index in [1.165, 1.54) is 18.9 Å². The van der Waals surface area contributed by atoms with Crippen molar-refractivity contribution in [3.8, 4) is 0 Å². The van der Waals surface area contributed by atoms with Gasteiger partial charge in [-0.2, -0.15) is 0 Å². The van der Waals surface area contributed by atoms with Gasteiger partial charge in [-0.1, -0.05) is 63.4 Å². The maximum atomic E-state index is 11.9. The van der Waals surface area contributed by atoms with Crippen molar-refractivity contribution in [2.45, 2.75) is 39.5 Å². The number of esters is 1. The van der Waals surface area contributed by atoms with Crippen molar-refractivity contribution in [3.63, 3.8) is 0 Å². The fourth-order valence-electron chi connectivity index (χ4n) is 2.11. The highest BCUT2D eigenvalue weighted by atomic mass is 16.5. The van der Waals surface area contributed by atoms with Crippen LogP contribution in [0.4, 0.5) is 0 Å². The summed E-state index contributed by atoms with van der Waals surface area (Å²) in [6.45, 7) is 4.79. The van der Waals surface area contributed by atoms with Crippen LogP contribution in [0.25, 0.3) is 5.76 Å². The zero-order chi connectivity index (χ0) is 15.5. The lowest BCUT2D eigenvalue weighted by molar-refractivity contribution is -0.139. The van der Waals surface area contributed by atoms with E-state index in [9.17, 15) is 4.79 Å². The highest BCUT2D eigenvalue weighted by Crippen LogP contribution is 2.16. The first-order valence-electron chi connectivity index (χ1n) is 7.69. The number of benzene rings is 1. The summed E-state index contributed by atoms with van der Waals surface area (Å²) >= 11 is 0. The SMILES string of the molecule is CCCCC(CC)COC(=O)/C=C(/OC)c1ccccc1. The van der Waals surface area contributed by atoms with Gasteiger partial charge in [-0.05, 0) is 12.3 Å². The molecule has 0 aliphatic heterocycles. The third kappa shape index (κ3) is 6.48. The smallest absolute Gasteiger partial charge is 0.334 e. The van der Waals surface area contributed by atoms with Gasteiger partial charge in [0.2, 0.25) is 0 Å². The molecule has 0 aromatic heterocycles. The van der Waals surface area contributed by atoms with Crippen LogP contribution in [0.2, 0.25) is 0 Å². The monoisotopic (exact) mass is 290 g/mol. The number of rotatable bonds is 9. The Morgan fingerprint density at radius 3 is 2.52 bits per heavy atom. The molecule has 3 heteroatoms. The predicted octanol–water partition coefficient (Wildman–Crippen LogP) is 4.43. The number of unbranched alkanes of at least 4 members (excludes halogenated alkanes) is 1. The van der Waals surface area contributed by atoms with Crippen LogP contribution in [-0.2, 0) is 14.3 Å². The number of carbonyl (C=O) groups is 1. The minimum atomic E-state index is -0.342. The number of hydrogen-bond donors (Lipinski definition) is 0. The van der Waals surface area contributed by atoms with Crippen LogP contribution in [0.3, 0.4) is 0 Å². The van der Waals surface area contributed by atoms with E-state index in [0.717, 1.165) is 18.4 Å². The van der Waals surface area contributed by atoms with Crippen LogP contribution in [0.5, 0.6) is 0 Å². The van der Waals surface area contributed by atoms with Gasteiger partial charge in [-0.3, -0.25) is 0 Å². The quantitative estimate of drug-likeness (QED) is 0.383. The lowest BCUT2D eigenvalue weighted by atomic mass is 10.0. The molecule has 0 spiro atoms. The molecule has 1 atom stereocenters. The van der Waals surface area contributed by atoms with Gasteiger partial charge < -0.3 is 9.47 Å². The topological polar surface area (TPSA) is 35.5 Å². The summed E-state index contributed by atoms with van der Waals surface area (Å²) in [5.41, 5.74) is 0.870. The molecule has 0 aliphatic rings. The van der Waals surface area contributed by atoms with Gasteiger partial charge in [0.15, 0.2) is 0 Å². The molecule has 116 valence electrons. The van der Waals surface area contributed by atoms with Crippen molar-refractivity contribution in [1.82, 2.24) is 0 Å². The lowest BCUT2D eigenvalue weighted by Gasteiger charge is -2.14. The van der Waals surface area contributed by atoms with Crippen molar-refractivity contribution < 1.29 is 14.3 Å². The van der Waals surface area contributed by atoms with Gasteiger partial charge in [0.25, 0.3) is 0 Å². The van der Waals surface area contributed by atoms with Gasteiger partial charge in [0, 0.05) is 5.56 Å². The molecule has 3 nitrogen and oxygen atoms in total. The van der Waals surface area contributed by atoms with E-state index in [1.807, 2.05) is 30.3 Å². The lowest BCUT2D eigenvalue weighted by Crippen LogP contribution is -2.12. The Labute approximate surface area is 128 Å². The summed E-state index contributed by atoms with van der Waals surface area (Å²) in [5.74, 6) is 0.637. The Bertz CT molecular complexity index is 437. The average Bonchev–Trinajstić information content (AvgIpc) is 2.53. The van der Waals surface area contributed by atoms with Crippen LogP contribution in [0, 0.1) is 5.92 Å². The molecule has 0 aliphatic carbocycles. The predicted molar refractivity (Wildman–Crippen MR) is 85.7 cm³/mol. The highest BCUT2D eigenvalue weighted by molar-refractivity contribution is 5.89. The number of methoxy groups -OCH3 is 1. The zero-order valence-corrected chi connectivity index (χ0v) is 13.3. The van der Waals surface area contributed by atoms with E-state index in [0.29, 0.717) is 18.3 Å². The highest BCUT2D eigenvalue weighted by Gasteiger charge is 2.10. The molecule has 0 saturated heterocycles. The molecule has 1 unspecified atom stereocenters. The Kier molecular flexibility index (Phi) is 8.25. The second kappa shape index (κ2) is 10.0. The minimum Gasteiger partial charge on any atom is -0.496 e. The van der Waals surface area contributed by atoms with Crippen molar-refractivity contribution in [3.05, 3.63) is 42.0 Å². The Hall–Kier alpha value is -1.77. The second-order valence-electron chi connectivity index (χ2n) is 5.13. The van der Waals surface area contributed by atoms with E-state index in [4.69, 9.17) is 9.47 Å². The Morgan fingerprint density at radius 2 is 1.95 bits per heavy atom. The Balaban J connectivity index is 2.56. The third-order valence-corrected chi connectivity index (χ3v) is 3.53. The first-order chi connectivity index (χ1) is 10.2. The minimum absolute atomic E-state index is 0.342. The molecule has 1 aromatic carbocycles. The standard InChI is InChI=1S/C18H26O3/c1-4-6-10-15(5-2)14-21-18(19)13-17(20-3)16-11-8-7-9-12-16/h7-9,11-13,15H,4-6,10,14H2,1-3H3/b17-13+. The van der Waals surface area contributed by atoms with E-state index < -0.39 is 0 Å². The number of carbonyl (C=O) groups excluding carboxylic acids is 1. The van der Waals surface area contributed by atoms with Gasteiger partial charge in [-0.25, -0.2) is 4.79 Å². The second-order valence-corrected chi connectivity index (χ2v) is 5.13. The van der Waals surface area contributed by atoms with Gasteiger partial charge in [0.1, 0.15) is 5.76 Å². The molecule has 0 bridgehead atoms. The van der Waals surface area contributed by atoms with Crippen LogP contribution >= 0.6 is 0 Å². The third-order valence-electron chi connectivity index (χ3n) is 3.53. The zero-order valence-electron chi connectivity index (χ0n) is 13.3. The molecule has 0 saturated carbocycles. The van der Waals surface area contributed by atoms with E-state index in [-0.39, 0.29) is 5.97 Å². The van der Waals surface area contributed by atoms with Crippen LogP contribution in [0.1, 0.15) is 45.1 Å². The molecule has 0 N–H and O–H groups in total. The van der Waals surface area contributed by atoms with Crippen molar-refractivity contribution >= 4 is 11.7 Å². The van der Waals surface area contributed by atoms with E-state index in [2.05, 4.69) is 13.8 Å². The molecular weight excluding hydrogens is 264 g/mol. The normalized spacial score (nSPS) is 12.8. The van der Waals surface area contributed by atoms with Gasteiger partial charge in [-0.15, -0.1) is 0 Å². The maximum Gasteiger partial charge on any atom is 0.334 e. The number of ether oxygens (including phenoxy) is 2. The first-order valence-corrected chi connectivity index (χ1v) is 7.69. The van der Waals surface area contributed by atoms with Crippen molar-refractivity contribution in [2.75, 3.05) is 13.7 Å². The summed E-state index contributed by atoms with van der Waals surface area (Å²) < 4.78 is 10.6. The van der Waals surface area contributed by atoms with Crippen molar-refractivity contribution in [1.29, 1.82) is 0 Å². The molecule has 0 amide bonds. The Morgan fingerprint density at radius 1 is 1.24 bits per heavy atom. The van der Waals surface area contributed by atoms with Crippen LogP contribution in [-0.4, -0.2) is 19.7 Å². The molecule has 1 rings (SSSR count). The van der Waals surface area contributed by atoms with E-state index >= 15 is 0 Å². The summed E-state index contributed by atoms with van der Waals surface area (Å²) in [5, 5.41) is 0.